The van der Waals surface area contributed by atoms with Crippen LogP contribution in [0.15, 0.2) is 78.2 Å². The topological polar surface area (TPSA) is 40.6 Å². The second-order valence-corrected chi connectivity index (χ2v) is 10.8. The summed E-state index contributed by atoms with van der Waals surface area (Å²) in [6, 6.07) is 23.7. The second kappa shape index (κ2) is 9.14. The van der Waals surface area contributed by atoms with Crippen molar-refractivity contribution in [3.8, 4) is 0 Å². The molecule has 0 unspecified atom stereocenters. The first-order valence-electron chi connectivity index (χ1n) is 12.0. The zero-order valence-corrected chi connectivity index (χ0v) is 20.8. The van der Waals surface area contributed by atoms with E-state index in [0.717, 1.165) is 35.6 Å². The molecule has 0 spiro atoms. The summed E-state index contributed by atoms with van der Waals surface area (Å²) in [7, 11) is 0. The molecule has 1 atom stereocenters. The number of hydrogen-bond donors (Lipinski definition) is 0. The molecule has 4 nitrogen and oxygen atoms in total. The molecular formula is C29H25ClN2O2S. The zero-order chi connectivity index (χ0) is 23.9. The van der Waals surface area contributed by atoms with Gasteiger partial charge in [-0.2, -0.15) is 0 Å². The molecule has 6 heteroatoms. The van der Waals surface area contributed by atoms with E-state index in [2.05, 4.69) is 11.4 Å². The molecule has 35 heavy (non-hydrogen) atoms. The lowest BCUT2D eigenvalue weighted by atomic mass is 9.93. The van der Waals surface area contributed by atoms with Crippen LogP contribution in [0.1, 0.15) is 45.2 Å². The first-order chi connectivity index (χ1) is 17.1. The Bertz CT molecular complexity index is 1410. The van der Waals surface area contributed by atoms with E-state index >= 15 is 0 Å². The predicted molar refractivity (Wildman–Crippen MR) is 141 cm³/mol. The molecule has 2 heterocycles. The minimum absolute atomic E-state index is 0.0113. The van der Waals surface area contributed by atoms with Crippen molar-refractivity contribution in [3.63, 3.8) is 0 Å². The largest absolute Gasteiger partial charge is 0.330 e. The standard InChI is InChI=1S/C29H25ClN2O2S/c30-23-9-7-20(8-10-23)28-25-14-16-35-26(25)13-15-31(28)27(33)18-32(24-11-12-24)29(34)22-6-5-19-3-1-2-4-21(19)17-22/h1-10,14,16-17,24,28H,11-13,15,18H2/t28-/m0/s1. The fourth-order valence-electron chi connectivity index (χ4n) is 5.07. The molecule has 176 valence electrons. The Hall–Kier alpha value is -3.15. The van der Waals surface area contributed by atoms with Gasteiger partial charge in [-0.15, -0.1) is 11.3 Å². The molecule has 3 aromatic carbocycles. The third-order valence-electron chi connectivity index (χ3n) is 7.02. The van der Waals surface area contributed by atoms with Crippen LogP contribution in [0.2, 0.25) is 5.02 Å². The lowest BCUT2D eigenvalue weighted by Crippen LogP contribution is -2.47. The lowest BCUT2D eigenvalue weighted by molar-refractivity contribution is -0.134. The monoisotopic (exact) mass is 500 g/mol. The molecule has 1 aliphatic carbocycles. The normalized spacial score (nSPS) is 17.3. The summed E-state index contributed by atoms with van der Waals surface area (Å²) in [5, 5.41) is 4.91. The molecule has 1 aliphatic heterocycles. The summed E-state index contributed by atoms with van der Waals surface area (Å²) in [4.78, 5) is 32.4. The molecule has 1 fully saturated rings. The molecule has 2 amide bonds. The average Bonchev–Trinajstić information content (AvgIpc) is 3.62. The summed E-state index contributed by atoms with van der Waals surface area (Å²) >= 11 is 7.89. The zero-order valence-electron chi connectivity index (χ0n) is 19.2. The number of fused-ring (bicyclic) bond motifs is 2. The molecule has 2 aliphatic rings. The van der Waals surface area contributed by atoms with Crippen molar-refractivity contribution >= 4 is 45.5 Å². The molecule has 0 bridgehead atoms. The minimum atomic E-state index is -0.161. The van der Waals surface area contributed by atoms with Crippen molar-refractivity contribution < 1.29 is 9.59 Å². The maximum Gasteiger partial charge on any atom is 0.254 e. The van der Waals surface area contributed by atoms with Gasteiger partial charge in [0.2, 0.25) is 5.91 Å². The Labute approximate surface area is 213 Å². The number of hydrogen-bond acceptors (Lipinski definition) is 3. The number of benzene rings is 3. The Morgan fingerprint density at radius 2 is 1.74 bits per heavy atom. The highest BCUT2D eigenvalue weighted by Gasteiger charge is 2.38. The van der Waals surface area contributed by atoms with Gasteiger partial charge in [-0.3, -0.25) is 9.59 Å². The van der Waals surface area contributed by atoms with Crippen LogP contribution in [0.5, 0.6) is 0 Å². The van der Waals surface area contributed by atoms with E-state index in [-0.39, 0.29) is 30.4 Å². The summed E-state index contributed by atoms with van der Waals surface area (Å²) in [6.07, 6.45) is 2.73. The summed E-state index contributed by atoms with van der Waals surface area (Å²) in [6.45, 7) is 0.738. The number of nitrogens with zero attached hydrogens (tertiary/aromatic N) is 2. The molecule has 0 saturated heterocycles. The summed E-state index contributed by atoms with van der Waals surface area (Å²) < 4.78 is 0. The summed E-state index contributed by atoms with van der Waals surface area (Å²) in [5.74, 6) is -0.0780. The van der Waals surface area contributed by atoms with E-state index in [4.69, 9.17) is 11.6 Å². The fourth-order valence-corrected chi connectivity index (χ4v) is 6.10. The third-order valence-corrected chi connectivity index (χ3v) is 8.27. The fraction of sp³-hybridized carbons (Fsp3) is 0.241. The molecule has 0 N–H and O–H groups in total. The van der Waals surface area contributed by atoms with Gasteiger partial charge in [0.1, 0.15) is 6.54 Å². The van der Waals surface area contributed by atoms with Crippen molar-refractivity contribution in [1.82, 2.24) is 9.80 Å². The molecule has 0 radical (unpaired) electrons. The van der Waals surface area contributed by atoms with E-state index in [1.54, 1.807) is 16.2 Å². The highest BCUT2D eigenvalue weighted by atomic mass is 35.5. The van der Waals surface area contributed by atoms with Crippen LogP contribution in [0.25, 0.3) is 10.8 Å². The van der Waals surface area contributed by atoms with Crippen molar-refractivity contribution in [2.75, 3.05) is 13.1 Å². The van der Waals surface area contributed by atoms with Crippen molar-refractivity contribution in [3.05, 3.63) is 105 Å². The predicted octanol–water partition coefficient (Wildman–Crippen LogP) is 6.33. The van der Waals surface area contributed by atoms with E-state index in [9.17, 15) is 9.59 Å². The van der Waals surface area contributed by atoms with E-state index in [0.29, 0.717) is 17.1 Å². The quantitative estimate of drug-likeness (QED) is 0.321. The van der Waals surface area contributed by atoms with Crippen LogP contribution in [0.4, 0.5) is 0 Å². The first kappa shape index (κ1) is 22.3. The van der Waals surface area contributed by atoms with Crippen LogP contribution in [-0.4, -0.2) is 40.7 Å². The number of rotatable bonds is 5. The minimum Gasteiger partial charge on any atom is -0.330 e. The number of thiophene rings is 1. The number of carbonyl (C=O) groups excluding carboxylic acids is 2. The highest BCUT2D eigenvalue weighted by molar-refractivity contribution is 7.10. The number of amides is 2. The van der Waals surface area contributed by atoms with E-state index in [1.807, 2.05) is 71.6 Å². The molecular weight excluding hydrogens is 476 g/mol. The van der Waals surface area contributed by atoms with E-state index < -0.39 is 0 Å². The van der Waals surface area contributed by atoms with E-state index in [1.165, 1.54) is 10.4 Å². The van der Waals surface area contributed by atoms with Crippen LogP contribution in [0.3, 0.4) is 0 Å². The maximum absolute atomic E-state index is 13.8. The average molecular weight is 501 g/mol. The van der Waals surface area contributed by atoms with Crippen molar-refractivity contribution in [1.29, 1.82) is 0 Å². The van der Waals surface area contributed by atoms with Crippen molar-refractivity contribution in [2.45, 2.75) is 31.3 Å². The van der Waals surface area contributed by atoms with Gasteiger partial charge in [-0.05, 0) is 76.9 Å². The molecule has 6 rings (SSSR count). The summed E-state index contributed by atoms with van der Waals surface area (Å²) in [5.41, 5.74) is 2.85. The van der Waals surface area contributed by atoms with Crippen LogP contribution in [0, 0.1) is 0 Å². The van der Waals surface area contributed by atoms with Gasteiger partial charge < -0.3 is 9.80 Å². The molecule has 1 saturated carbocycles. The third kappa shape index (κ3) is 4.35. The Morgan fingerprint density at radius 3 is 2.51 bits per heavy atom. The SMILES string of the molecule is O=C(c1ccc2ccccc2c1)N(CC(=O)N1CCc2sccc2[C@@H]1c1ccc(Cl)cc1)C1CC1. The highest BCUT2D eigenvalue weighted by Crippen LogP contribution is 2.38. The Morgan fingerprint density at radius 1 is 0.971 bits per heavy atom. The van der Waals surface area contributed by atoms with Gasteiger partial charge in [0.25, 0.3) is 5.91 Å². The van der Waals surface area contributed by atoms with Gasteiger partial charge in [0.15, 0.2) is 0 Å². The van der Waals surface area contributed by atoms with Gasteiger partial charge in [-0.25, -0.2) is 0 Å². The smallest absolute Gasteiger partial charge is 0.254 e. The molecule has 1 aromatic heterocycles. The van der Waals surface area contributed by atoms with Crippen LogP contribution in [-0.2, 0) is 11.2 Å². The number of carbonyl (C=O) groups is 2. The first-order valence-corrected chi connectivity index (χ1v) is 13.3. The van der Waals surface area contributed by atoms with Gasteiger partial charge >= 0.3 is 0 Å². The molecule has 4 aromatic rings. The Kier molecular flexibility index (Phi) is 5.83. The van der Waals surface area contributed by atoms with Crippen molar-refractivity contribution in [2.24, 2.45) is 0 Å². The Balaban J connectivity index is 1.29. The van der Waals surface area contributed by atoms with Gasteiger partial charge in [0, 0.05) is 28.0 Å². The maximum atomic E-state index is 13.8. The van der Waals surface area contributed by atoms with Crippen LogP contribution >= 0.6 is 22.9 Å². The second-order valence-electron chi connectivity index (χ2n) is 9.32. The van der Waals surface area contributed by atoms with Crippen LogP contribution < -0.4 is 0 Å². The number of halogens is 1. The van der Waals surface area contributed by atoms with Gasteiger partial charge in [-0.1, -0.05) is 54.1 Å². The van der Waals surface area contributed by atoms with Gasteiger partial charge in [0.05, 0.1) is 6.04 Å². The lowest BCUT2D eigenvalue weighted by Gasteiger charge is -2.37.